The Balaban J connectivity index is 1.83. The van der Waals surface area contributed by atoms with Gasteiger partial charge in [0.2, 0.25) is 0 Å². The average molecular weight is 445 g/mol. The number of nitrogens with zero attached hydrogens (tertiary/aromatic N) is 2. The fraction of sp³-hybridized carbons (Fsp3) is 0.583. The van der Waals surface area contributed by atoms with Crippen LogP contribution >= 0.6 is 0 Å². The Bertz CT molecular complexity index is 866. The summed E-state index contributed by atoms with van der Waals surface area (Å²) in [7, 11) is 1.57. The number of carbonyl (C=O) groups excluding carboxylic acids is 2. The molecule has 3 aliphatic rings. The second-order valence-corrected chi connectivity index (χ2v) is 8.46. The van der Waals surface area contributed by atoms with Gasteiger partial charge in [-0.05, 0) is 63.1 Å². The largest absolute Gasteiger partial charge is 0.496 e. The summed E-state index contributed by atoms with van der Waals surface area (Å²) in [6, 6.07) is 3.22. The van der Waals surface area contributed by atoms with Crippen molar-refractivity contribution in [2.45, 2.75) is 64.0 Å². The zero-order chi connectivity index (χ0) is 22.7. The molecule has 2 saturated heterocycles. The fourth-order valence-electron chi connectivity index (χ4n) is 4.76. The number of hydrogen-bond donors (Lipinski definition) is 0. The van der Waals surface area contributed by atoms with Gasteiger partial charge in [-0.15, -0.1) is 0 Å². The van der Waals surface area contributed by atoms with Gasteiger partial charge >= 0.3 is 6.09 Å². The second-order valence-electron chi connectivity index (χ2n) is 8.46. The van der Waals surface area contributed by atoms with Crippen LogP contribution in [0.4, 0.5) is 10.5 Å². The third kappa shape index (κ3) is 4.34. The molecule has 32 heavy (non-hydrogen) atoms. The molecule has 4 rings (SSSR count). The smallest absolute Gasteiger partial charge is 0.416 e. The zero-order valence-corrected chi connectivity index (χ0v) is 18.9. The molecule has 174 valence electrons. The number of ether oxygens (including phenoxy) is 4. The van der Waals surface area contributed by atoms with E-state index in [0.29, 0.717) is 30.2 Å². The van der Waals surface area contributed by atoms with Crippen LogP contribution in [0.15, 0.2) is 24.8 Å². The quantitative estimate of drug-likeness (QED) is 0.639. The van der Waals surface area contributed by atoms with Crippen LogP contribution in [-0.4, -0.2) is 62.3 Å². The van der Waals surface area contributed by atoms with Gasteiger partial charge in [0.1, 0.15) is 12.4 Å². The summed E-state index contributed by atoms with van der Waals surface area (Å²) in [6.45, 7) is 6.82. The molecule has 3 heterocycles. The number of amides is 2. The van der Waals surface area contributed by atoms with Gasteiger partial charge in [-0.25, -0.2) is 9.69 Å². The van der Waals surface area contributed by atoms with Gasteiger partial charge in [-0.1, -0.05) is 12.7 Å². The summed E-state index contributed by atoms with van der Waals surface area (Å²) in [5.74, 6) is 0.472. The Hall–Kier alpha value is -2.58. The first kappa shape index (κ1) is 22.6. The van der Waals surface area contributed by atoms with Gasteiger partial charge in [0.05, 0.1) is 24.4 Å². The number of methoxy groups -OCH3 is 1. The summed E-state index contributed by atoms with van der Waals surface area (Å²) < 4.78 is 23.2. The van der Waals surface area contributed by atoms with Crippen molar-refractivity contribution in [2.75, 3.05) is 31.8 Å². The van der Waals surface area contributed by atoms with E-state index in [2.05, 4.69) is 6.58 Å². The maximum Gasteiger partial charge on any atom is 0.416 e. The lowest BCUT2D eigenvalue weighted by Crippen LogP contribution is -2.57. The zero-order valence-electron chi connectivity index (χ0n) is 18.9. The van der Waals surface area contributed by atoms with Crippen molar-refractivity contribution in [3.05, 3.63) is 35.9 Å². The third-order valence-electron chi connectivity index (χ3n) is 6.35. The summed E-state index contributed by atoms with van der Waals surface area (Å²) in [5, 5.41) is 0. The minimum atomic E-state index is -0.714. The topological polar surface area (TPSA) is 77.5 Å². The van der Waals surface area contributed by atoms with E-state index in [1.807, 2.05) is 11.8 Å². The highest BCUT2D eigenvalue weighted by Gasteiger charge is 2.46. The lowest BCUT2D eigenvalue weighted by atomic mass is 10.00. The minimum absolute atomic E-state index is 0.0643. The molecule has 0 aliphatic carbocycles. The van der Waals surface area contributed by atoms with E-state index in [9.17, 15) is 9.59 Å². The van der Waals surface area contributed by atoms with Crippen molar-refractivity contribution in [3.63, 3.8) is 0 Å². The van der Waals surface area contributed by atoms with Gasteiger partial charge in [0.15, 0.2) is 12.5 Å². The number of fused-ring (bicyclic) bond motifs is 2. The molecule has 0 N–H and O–H groups in total. The van der Waals surface area contributed by atoms with Crippen LogP contribution in [0.5, 0.6) is 5.75 Å². The van der Waals surface area contributed by atoms with Gasteiger partial charge in [-0.3, -0.25) is 4.79 Å². The number of aryl methyl sites for hydroxylation is 1. The molecular formula is C24H32N2O6. The molecule has 2 fully saturated rings. The molecule has 2 amide bonds. The summed E-state index contributed by atoms with van der Waals surface area (Å²) in [6.07, 6.45) is 5.15. The van der Waals surface area contributed by atoms with Crippen LogP contribution in [0.3, 0.4) is 0 Å². The van der Waals surface area contributed by atoms with Crippen molar-refractivity contribution >= 4 is 17.7 Å². The number of rotatable bonds is 5. The van der Waals surface area contributed by atoms with Crippen molar-refractivity contribution in [1.82, 2.24) is 4.90 Å². The Kier molecular flexibility index (Phi) is 7.01. The van der Waals surface area contributed by atoms with Crippen molar-refractivity contribution in [3.8, 4) is 5.75 Å². The third-order valence-corrected chi connectivity index (χ3v) is 6.35. The Labute approximate surface area is 189 Å². The molecule has 0 spiro atoms. The molecular weight excluding hydrogens is 412 g/mol. The van der Waals surface area contributed by atoms with E-state index < -0.39 is 18.6 Å². The number of anilines is 1. The van der Waals surface area contributed by atoms with E-state index in [1.54, 1.807) is 19.2 Å². The highest BCUT2D eigenvalue weighted by Crippen LogP contribution is 2.39. The molecule has 0 saturated carbocycles. The van der Waals surface area contributed by atoms with E-state index >= 15 is 0 Å². The predicted octanol–water partition coefficient (Wildman–Crippen LogP) is 4.01. The van der Waals surface area contributed by atoms with Crippen LogP contribution in [0.2, 0.25) is 0 Å². The summed E-state index contributed by atoms with van der Waals surface area (Å²) in [5.41, 5.74) is 1.69. The number of carbonyl (C=O) groups is 2. The molecule has 3 aliphatic heterocycles. The monoisotopic (exact) mass is 444 g/mol. The Morgan fingerprint density at radius 3 is 2.78 bits per heavy atom. The molecule has 2 unspecified atom stereocenters. The van der Waals surface area contributed by atoms with Crippen LogP contribution in [0.25, 0.3) is 0 Å². The van der Waals surface area contributed by atoms with Crippen LogP contribution in [-0.2, 0) is 14.2 Å². The average Bonchev–Trinajstić information content (AvgIpc) is 2.91. The van der Waals surface area contributed by atoms with Crippen molar-refractivity contribution < 1.29 is 28.5 Å². The van der Waals surface area contributed by atoms with E-state index in [0.717, 1.165) is 44.1 Å². The number of hydrogen-bond acceptors (Lipinski definition) is 6. The molecule has 8 heteroatoms. The van der Waals surface area contributed by atoms with Crippen LogP contribution in [0, 0.1) is 6.92 Å². The maximum atomic E-state index is 13.7. The molecule has 1 aromatic carbocycles. The highest BCUT2D eigenvalue weighted by molar-refractivity contribution is 6.05. The molecule has 0 radical (unpaired) electrons. The fourth-order valence-corrected chi connectivity index (χ4v) is 4.76. The van der Waals surface area contributed by atoms with E-state index in [4.69, 9.17) is 18.9 Å². The van der Waals surface area contributed by atoms with Crippen LogP contribution < -0.4 is 9.64 Å². The molecule has 3 atom stereocenters. The van der Waals surface area contributed by atoms with Gasteiger partial charge in [0.25, 0.3) is 5.91 Å². The van der Waals surface area contributed by atoms with E-state index in [1.165, 1.54) is 11.0 Å². The number of benzene rings is 1. The lowest BCUT2D eigenvalue weighted by Gasteiger charge is -2.42. The van der Waals surface area contributed by atoms with Gasteiger partial charge in [0, 0.05) is 13.2 Å². The lowest BCUT2D eigenvalue weighted by molar-refractivity contribution is -0.198. The van der Waals surface area contributed by atoms with Gasteiger partial charge < -0.3 is 23.8 Å². The molecule has 8 nitrogen and oxygen atoms in total. The molecule has 0 bridgehead atoms. The Morgan fingerprint density at radius 2 is 2.06 bits per heavy atom. The standard InChI is InChI=1S/C24H32N2O6/c1-4-12-31-24(28)26-19-14-16(2)20(29-3)15-17(19)22(27)25-11-7-5-9-18(25)23(26)32-21-10-6-8-13-30-21/h4,14-15,18,21,23H,1,5-13H2,2-3H3/t18-,21?,23?/m0/s1. The first-order chi connectivity index (χ1) is 15.5. The van der Waals surface area contributed by atoms with Gasteiger partial charge in [-0.2, -0.15) is 0 Å². The maximum absolute atomic E-state index is 13.7. The first-order valence-electron chi connectivity index (χ1n) is 11.4. The van der Waals surface area contributed by atoms with E-state index in [-0.39, 0.29) is 18.6 Å². The van der Waals surface area contributed by atoms with Crippen molar-refractivity contribution in [2.24, 2.45) is 0 Å². The summed E-state index contributed by atoms with van der Waals surface area (Å²) >= 11 is 0. The van der Waals surface area contributed by atoms with Crippen LogP contribution in [0.1, 0.15) is 54.4 Å². The second kappa shape index (κ2) is 9.92. The number of piperidine rings is 1. The Morgan fingerprint density at radius 1 is 1.25 bits per heavy atom. The normalized spacial score (nSPS) is 25.4. The highest BCUT2D eigenvalue weighted by atomic mass is 16.7. The van der Waals surface area contributed by atoms with Crippen molar-refractivity contribution in [1.29, 1.82) is 0 Å². The SMILES string of the molecule is C=CCOC(=O)N1c2cc(C)c(OC)cc2C(=O)N2CCCC[C@H]2C1OC1CCCCO1. The molecule has 1 aromatic rings. The molecule has 0 aromatic heterocycles. The first-order valence-corrected chi connectivity index (χ1v) is 11.4. The predicted molar refractivity (Wildman–Crippen MR) is 119 cm³/mol. The summed E-state index contributed by atoms with van der Waals surface area (Å²) in [4.78, 5) is 30.3. The minimum Gasteiger partial charge on any atom is -0.496 e.